The number of rotatable bonds is 2. The van der Waals surface area contributed by atoms with E-state index in [0.29, 0.717) is 0 Å². The minimum Gasteiger partial charge on any atom is -0.0856 e. The van der Waals surface area contributed by atoms with Gasteiger partial charge in [-0.25, -0.2) is 0 Å². The zero-order valence-corrected chi connectivity index (χ0v) is 7.11. The fraction of sp³-hybridized carbons (Fsp3) is 1.00. The summed E-state index contributed by atoms with van der Waals surface area (Å²) in [5.74, 6) is 0. The van der Waals surface area contributed by atoms with Gasteiger partial charge in [0.2, 0.25) is 0 Å². The standard InChI is InChI=1S/C4H10ClPS/c1-3-6(5,7)4-2/h3-4H2,1-2H3. The summed E-state index contributed by atoms with van der Waals surface area (Å²) >= 11 is 10.9. The summed E-state index contributed by atoms with van der Waals surface area (Å²) in [6.45, 7) is 4.11. The molecule has 0 heterocycles. The summed E-state index contributed by atoms with van der Waals surface area (Å²) in [5, 5.41) is -1.35. The van der Waals surface area contributed by atoms with Crippen LogP contribution in [0, 0.1) is 0 Å². The van der Waals surface area contributed by atoms with E-state index in [4.69, 9.17) is 23.0 Å². The van der Waals surface area contributed by atoms with E-state index >= 15 is 0 Å². The third-order valence-corrected chi connectivity index (χ3v) is 5.82. The molecule has 44 valence electrons. The van der Waals surface area contributed by atoms with Gasteiger partial charge in [0.15, 0.2) is 0 Å². The molecule has 3 heteroatoms. The molecular weight excluding hydrogens is 147 g/mol. The molecule has 0 fully saturated rings. The van der Waals surface area contributed by atoms with Gasteiger partial charge in [-0.1, -0.05) is 36.9 Å². The van der Waals surface area contributed by atoms with Gasteiger partial charge in [-0.2, -0.15) is 0 Å². The second-order valence-electron chi connectivity index (χ2n) is 1.42. The number of hydrogen-bond donors (Lipinski definition) is 0. The molecule has 0 aliphatic carbocycles. The van der Waals surface area contributed by atoms with Crippen molar-refractivity contribution in [1.29, 1.82) is 0 Å². The molecule has 0 saturated heterocycles. The summed E-state index contributed by atoms with van der Waals surface area (Å²) in [7, 11) is 0. The first-order valence-corrected chi connectivity index (χ1v) is 6.48. The van der Waals surface area contributed by atoms with Crippen LogP contribution in [-0.4, -0.2) is 12.3 Å². The quantitative estimate of drug-likeness (QED) is 0.554. The van der Waals surface area contributed by atoms with Gasteiger partial charge in [-0.05, 0) is 12.3 Å². The highest BCUT2D eigenvalue weighted by Crippen LogP contribution is 2.50. The van der Waals surface area contributed by atoms with Crippen LogP contribution in [0.25, 0.3) is 0 Å². The van der Waals surface area contributed by atoms with Gasteiger partial charge in [0.25, 0.3) is 0 Å². The first-order valence-electron chi connectivity index (χ1n) is 2.40. The highest BCUT2D eigenvalue weighted by molar-refractivity contribution is 8.27. The summed E-state index contributed by atoms with van der Waals surface area (Å²) in [5.41, 5.74) is 0. The Bertz CT molecular complexity index is 83.7. The van der Waals surface area contributed by atoms with Crippen molar-refractivity contribution >= 4 is 28.4 Å². The molecule has 0 N–H and O–H groups in total. The average Bonchev–Trinajstić information content (AvgIpc) is 1.68. The topological polar surface area (TPSA) is 0 Å². The third kappa shape index (κ3) is 3.52. The second kappa shape index (κ2) is 3.06. The van der Waals surface area contributed by atoms with Gasteiger partial charge in [-0.3, -0.25) is 0 Å². The fourth-order valence-electron chi connectivity index (χ4n) is 0.224. The normalized spacial score (nSPS) is 11.9. The molecule has 0 aromatic carbocycles. The predicted molar refractivity (Wildman–Crippen MR) is 41.2 cm³/mol. The van der Waals surface area contributed by atoms with Crippen LogP contribution in [0.15, 0.2) is 0 Å². The van der Waals surface area contributed by atoms with Crippen LogP contribution < -0.4 is 0 Å². The predicted octanol–water partition coefficient (Wildman–Crippen LogP) is 2.66. The van der Waals surface area contributed by atoms with E-state index in [1.807, 2.05) is 0 Å². The lowest BCUT2D eigenvalue weighted by atomic mass is 11.0. The Morgan fingerprint density at radius 2 is 1.71 bits per heavy atom. The van der Waals surface area contributed by atoms with E-state index in [9.17, 15) is 0 Å². The molecule has 0 aliphatic heterocycles. The zero-order chi connectivity index (χ0) is 5.91. The lowest BCUT2D eigenvalue weighted by molar-refractivity contribution is 1.43. The molecule has 0 saturated carbocycles. The van der Waals surface area contributed by atoms with Crippen LogP contribution in [0.5, 0.6) is 0 Å². The average molecular weight is 157 g/mol. The molecule has 0 aromatic rings. The molecule has 0 atom stereocenters. The van der Waals surface area contributed by atoms with Gasteiger partial charge in [0.1, 0.15) is 0 Å². The molecule has 0 rings (SSSR count). The van der Waals surface area contributed by atoms with Crippen molar-refractivity contribution in [3.8, 4) is 0 Å². The molecule has 0 amide bonds. The van der Waals surface area contributed by atoms with Crippen LogP contribution in [0.4, 0.5) is 0 Å². The summed E-state index contributed by atoms with van der Waals surface area (Å²) in [6.07, 6.45) is 1.97. The summed E-state index contributed by atoms with van der Waals surface area (Å²) in [4.78, 5) is 0. The first kappa shape index (κ1) is 7.94. The number of hydrogen-bond acceptors (Lipinski definition) is 1. The van der Waals surface area contributed by atoms with Gasteiger partial charge >= 0.3 is 0 Å². The maximum absolute atomic E-state index is 5.83. The Morgan fingerprint density at radius 1 is 1.43 bits per heavy atom. The van der Waals surface area contributed by atoms with Crippen LogP contribution in [0.1, 0.15) is 13.8 Å². The van der Waals surface area contributed by atoms with Gasteiger partial charge in [0.05, 0.1) is 0 Å². The molecule has 0 nitrogen and oxygen atoms in total. The molecule has 0 spiro atoms. The van der Waals surface area contributed by atoms with Crippen molar-refractivity contribution in [2.45, 2.75) is 13.8 Å². The Labute approximate surface area is 55.0 Å². The Hall–Kier alpha value is 0.940. The highest BCUT2D eigenvalue weighted by Gasteiger charge is 2.03. The van der Waals surface area contributed by atoms with Crippen LogP contribution in [-0.2, 0) is 11.8 Å². The molecule has 0 aliphatic rings. The molecule has 0 aromatic heterocycles. The highest BCUT2D eigenvalue weighted by atomic mass is 35.7. The zero-order valence-electron chi connectivity index (χ0n) is 4.65. The van der Waals surface area contributed by atoms with Crippen LogP contribution >= 0.6 is 16.6 Å². The first-order chi connectivity index (χ1) is 3.12. The van der Waals surface area contributed by atoms with E-state index in [2.05, 4.69) is 13.8 Å². The largest absolute Gasteiger partial charge is 0.0856 e. The van der Waals surface area contributed by atoms with E-state index in [-0.39, 0.29) is 0 Å². The minimum atomic E-state index is -1.35. The molecule has 0 radical (unpaired) electrons. The maximum atomic E-state index is 5.83. The van der Waals surface area contributed by atoms with Gasteiger partial charge in [0, 0.05) is 5.39 Å². The molecular formula is C4H10ClPS. The molecule has 0 unspecified atom stereocenters. The van der Waals surface area contributed by atoms with E-state index < -0.39 is 5.39 Å². The van der Waals surface area contributed by atoms with Gasteiger partial charge in [-0.15, -0.1) is 0 Å². The minimum absolute atomic E-state index is 0.986. The van der Waals surface area contributed by atoms with Crippen molar-refractivity contribution in [2.24, 2.45) is 0 Å². The van der Waals surface area contributed by atoms with Crippen molar-refractivity contribution in [2.75, 3.05) is 12.3 Å². The molecule has 0 bridgehead atoms. The van der Waals surface area contributed by atoms with E-state index in [0.717, 1.165) is 12.3 Å². The maximum Gasteiger partial charge on any atom is 0.0383 e. The van der Waals surface area contributed by atoms with Crippen LogP contribution in [0.2, 0.25) is 0 Å². The molecule has 7 heavy (non-hydrogen) atoms. The van der Waals surface area contributed by atoms with Crippen molar-refractivity contribution < 1.29 is 0 Å². The van der Waals surface area contributed by atoms with Gasteiger partial charge < -0.3 is 0 Å². The lowest BCUT2D eigenvalue weighted by Gasteiger charge is -2.04. The third-order valence-electron chi connectivity index (χ3n) is 0.944. The van der Waals surface area contributed by atoms with E-state index in [1.54, 1.807) is 0 Å². The SMILES string of the molecule is CCP(=S)(Cl)CC. The van der Waals surface area contributed by atoms with E-state index in [1.165, 1.54) is 0 Å². The second-order valence-corrected chi connectivity index (χ2v) is 8.91. The summed E-state index contributed by atoms with van der Waals surface area (Å²) < 4.78 is 0. The van der Waals surface area contributed by atoms with Crippen molar-refractivity contribution in [3.05, 3.63) is 0 Å². The monoisotopic (exact) mass is 156 g/mol. The number of halogens is 1. The van der Waals surface area contributed by atoms with Crippen LogP contribution in [0.3, 0.4) is 0 Å². The summed E-state index contributed by atoms with van der Waals surface area (Å²) in [6, 6.07) is 0. The smallest absolute Gasteiger partial charge is 0.0383 e. The van der Waals surface area contributed by atoms with Crippen molar-refractivity contribution in [3.63, 3.8) is 0 Å². The van der Waals surface area contributed by atoms with Crippen molar-refractivity contribution in [1.82, 2.24) is 0 Å². The Kier molecular flexibility index (Phi) is 3.48. The lowest BCUT2D eigenvalue weighted by Crippen LogP contribution is -1.76. The Balaban J connectivity index is 3.61. The fourth-order valence-corrected chi connectivity index (χ4v) is 0.671. The Morgan fingerprint density at radius 3 is 1.71 bits per heavy atom.